The van der Waals surface area contributed by atoms with Crippen LogP contribution in [0.1, 0.15) is 93.9 Å². The normalized spacial score (nSPS) is 23.5. The van der Waals surface area contributed by atoms with Gasteiger partial charge in [0.2, 0.25) is 5.24 Å². The minimum Gasteiger partial charge on any atom is -0.549 e. The molecule has 2 atom stereocenters. The molecule has 11 heteroatoms. The first kappa shape index (κ1) is 36.0. The smallest absolute Gasteiger partial charge is 0.549 e. The van der Waals surface area contributed by atoms with Crippen molar-refractivity contribution in [2.75, 3.05) is 26.2 Å². The molecule has 2 rings (SSSR count). The summed E-state index contributed by atoms with van der Waals surface area (Å²) in [5, 5.41) is 10.9. The Kier molecular flexibility index (Phi) is 14.0. The van der Waals surface area contributed by atoms with Gasteiger partial charge in [0, 0.05) is 37.6 Å². The standard InChI is InChI=1S/C13H22ClNO3.C13H23NO4.Na/c1-5-6-13(10(14)16)7-8-15(9-13)11(17)18-12(2,3)4;1-5-6-13(10(15)16)7-8-14(9-13)11(17)18-12(2,3)4;/h5-9H2,1-4H3;5-9H2,1-4H3,(H,15,16);/q;;+1/p-1/t2*13-;/m00./s1. The summed E-state index contributed by atoms with van der Waals surface area (Å²) in [5.74, 6) is -1.06. The van der Waals surface area contributed by atoms with Crippen LogP contribution in [-0.4, -0.2) is 70.6 Å². The van der Waals surface area contributed by atoms with E-state index in [0.717, 1.165) is 12.8 Å². The Labute approximate surface area is 249 Å². The van der Waals surface area contributed by atoms with Gasteiger partial charge in [-0.15, -0.1) is 0 Å². The van der Waals surface area contributed by atoms with E-state index in [1.54, 1.807) is 25.7 Å². The zero-order valence-electron chi connectivity index (χ0n) is 24.2. The molecule has 208 valence electrons. The van der Waals surface area contributed by atoms with Crippen molar-refractivity contribution in [1.29, 1.82) is 0 Å². The number of carboxylic acids is 1. The van der Waals surface area contributed by atoms with E-state index >= 15 is 0 Å². The van der Waals surface area contributed by atoms with Crippen LogP contribution in [0.3, 0.4) is 0 Å². The van der Waals surface area contributed by atoms with Crippen LogP contribution in [-0.2, 0) is 19.1 Å². The van der Waals surface area contributed by atoms with Crippen molar-refractivity contribution in [3.05, 3.63) is 0 Å². The molecule has 0 radical (unpaired) electrons. The number of nitrogens with zero attached hydrogens (tertiary/aromatic N) is 2. The molecule has 9 nitrogen and oxygen atoms in total. The second kappa shape index (κ2) is 14.4. The fraction of sp³-hybridized carbons (Fsp3) is 0.846. The zero-order valence-corrected chi connectivity index (χ0v) is 27.0. The first-order valence-corrected chi connectivity index (χ1v) is 13.2. The number of carbonyl (C=O) groups is 4. The largest absolute Gasteiger partial charge is 1.00 e. The first-order valence-electron chi connectivity index (χ1n) is 12.8. The zero-order chi connectivity index (χ0) is 27.9. The molecule has 37 heavy (non-hydrogen) atoms. The maximum absolute atomic E-state index is 11.9. The SMILES string of the molecule is CCC[C@]1(C(=O)Cl)CCN(C(=O)OC(C)(C)C)C1.CCC[C@]1(C(=O)[O-])CCN(C(=O)OC(C)(C)C)C1.[Na+]. The Bertz CT molecular complexity index is 746. The number of likely N-dealkylation sites (tertiary alicyclic amines) is 2. The molecular formula is C26H44ClN2NaO7. The number of carboxylic acid groups (broad SMARTS) is 1. The summed E-state index contributed by atoms with van der Waals surface area (Å²) in [6, 6.07) is 0. The Balaban J connectivity index is 0.000000682. The summed E-state index contributed by atoms with van der Waals surface area (Å²) in [5.41, 5.74) is -2.55. The molecule has 2 heterocycles. The molecule has 2 amide bonds. The van der Waals surface area contributed by atoms with Crippen molar-refractivity contribution >= 4 is 35.0 Å². The van der Waals surface area contributed by atoms with Crippen molar-refractivity contribution in [1.82, 2.24) is 9.80 Å². The summed E-state index contributed by atoms with van der Waals surface area (Å²) in [4.78, 5) is 49.7. The molecule has 2 aliphatic heterocycles. The Hall–Kier alpha value is -1.03. The third kappa shape index (κ3) is 10.9. The predicted octanol–water partition coefficient (Wildman–Crippen LogP) is 1.35. The number of amides is 2. The van der Waals surface area contributed by atoms with Crippen LogP contribution >= 0.6 is 11.6 Å². The third-order valence-electron chi connectivity index (χ3n) is 6.32. The van der Waals surface area contributed by atoms with Gasteiger partial charge >= 0.3 is 41.7 Å². The minimum absolute atomic E-state index is 0. The van der Waals surface area contributed by atoms with Gasteiger partial charge in [-0.3, -0.25) is 4.79 Å². The summed E-state index contributed by atoms with van der Waals surface area (Å²) in [6.07, 6.45) is 3.16. The van der Waals surface area contributed by atoms with Crippen molar-refractivity contribution in [2.24, 2.45) is 10.8 Å². The molecule has 0 aromatic rings. The number of hydrogen-bond donors (Lipinski definition) is 0. The topological polar surface area (TPSA) is 116 Å². The Morgan fingerprint density at radius 3 is 1.46 bits per heavy atom. The van der Waals surface area contributed by atoms with E-state index in [9.17, 15) is 24.3 Å². The fourth-order valence-electron chi connectivity index (χ4n) is 4.60. The monoisotopic (exact) mass is 554 g/mol. The van der Waals surface area contributed by atoms with Crippen molar-refractivity contribution in [2.45, 2.75) is 105 Å². The molecule has 2 saturated heterocycles. The molecule has 2 fully saturated rings. The summed E-state index contributed by atoms with van der Waals surface area (Å²) < 4.78 is 10.6. The van der Waals surface area contributed by atoms with E-state index in [2.05, 4.69) is 0 Å². The second-order valence-corrected chi connectivity index (χ2v) is 12.3. The van der Waals surface area contributed by atoms with Gasteiger partial charge in [0.1, 0.15) is 11.2 Å². The van der Waals surface area contributed by atoms with Crippen LogP contribution in [0.15, 0.2) is 0 Å². The van der Waals surface area contributed by atoms with Gasteiger partial charge in [0.15, 0.2) is 0 Å². The van der Waals surface area contributed by atoms with E-state index < -0.39 is 34.1 Å². The average molecular weight is 555 g/mol. The number of ether oxygens (including phenoxy) is 2. The minimum atomic E-state index is -1.06. The number of halogens is 1. The maximum Gasteiger partial charge on any atom is 1.00 e. The van der Waals surface area contributed by atoms with Crippen molar-refractivity contribution in [3.8, 4) is 0 Å². The van der Waals surface area contributed by atoms with Gasteiger partial charge in [-0.2, -0.15) is 0 Å². The van der Waals surface area contributed by atoms with E-state index in [1.807, 2.05) is 34.6 Å². The molecular weight excluding hydrogens is 511 g/mol. The second-order valence-electron chi connectivity index (χ2n) is 11.9. The Morgan fingerprint density at radius 2 is 1.14 bits per heavy atom. The van der Waals surface area contributed by atoms with Gasteiger partial charge < -0.3 is 29.2 Å². The van der Waals surface area contributed by atoms with E-state index in [-0.39, 0.29) is 47.4 Å². The van der Waals surface area contributed by atoms with Crippen LogP contribution < -0.4 is 34.7 Å². The van der Waals surface area contributed by atoms with Gasteiger partial charge in [-0.05, 0) is 78.8 Å². The van der Waals surface area contributed by atoms with Gasteiger partial charge in [0.05, 0.1) is 5.41 Å². The van der Waals surface area contributed by atoms with Crippen LogP contribution in [0.25, 0.3) is 0 Å². The van der Waals surface area contributed by atoms with E-state index in [1.165, 1.54) is 4.90 Å². The first-order chi connectivity index (χ1) is 16.4. The summed E-state index contributed by atoms with van der Waals surface area (Å²) >= 11 is 5.71. The fourth-order valence-corrected chi connectivity index (χ4v) is 4.85. The Morgan fingerprint density at radius 1 is 0.784 bits per heavy atom. The molecule has 0 bridgehead atoms. The number of carbonyl (C=O) groups excluding carboxylic acids is 4. The third-order valence-corrected chi connectivity index (χ3v) is 6.72. The molecule has 0 spiro atoms. The van der Waals surface area contributed by atoms with Crippen molar-refractivity contribution in [3.63, 3.8) is 0 Å². The van der Waals surface area contributed by atoms with Crippen LogP contribution in [0.4, 0.5) is 9.59 Å². The molecule has 0 N–H and O–H groups in total. The van der Waals surface area contributed by atoms with Gasteiger partial charge in [0.25, 0.3) is 0 Å². The average Bonchev–Trinajstić information content (AvgIpc) is 3.33. The van der Waals surface area contributed by atoms with Crippen LogP contribution in [0.2, 0.25) is 0 Å². The molecule has 0 aliphatic carbocycles. The molecule has 2 aliphatic rings. The maximum atomic E-state index is 11.9. The summed E-state index contributed by atoms with van der Waals surface area (Å²) in [7, 11) is 0. The molecule has 0 aromatic carbocycles. The number of rotatable bonds is 6. The summed E-state index contributed by atoms with van der Waals surface area (Å²) in [6.45, 7) is 16.3. The predicted molar refractivity (Wildman–Crippen MR) is 135 cm³/mol. The van der Waals surface area contributed by atoms with E-state index in [0.29, 0.717) is 45.3 Å². The van der Waals surface area contributed by atoms with E-state index in [4.69, 9.17) is 21.1 Å². The van der Waals surface area contributed by atoms with Crippen LogP contribution in [0, 0.1) is 10.8 Å². The molecule has 0 saturated carbocycles. The number of aliphatic carboxylic acids is 1. The van der Waals surface area contributed by atoms with Gasteiger partial charge in [-0.1, -0.05) is 26.7 Å². The van der Waals surface area contributed by atoms with Crippen LogP contribution in [0.5, 0.6) is 0 Å². The quantitative estimate of drug-likeness (QED) is 0.359. The molecule has 0 aromatic heterocycles. The van der Waals surface area contributed by atoms with Crippen molar-refractivity contribution < 1.29 is 63.3 Å². The van der Waals surface area contributed by atoms with Gasteiger partial charge in [-0.25, -0.2) is 9.59 Å². The number of hydrogen-bond acceptors (Lipinski definition) is 7. The molecule has 0 unspecified atom stereocenters.